The molecule has 0 aliphatic carbocycles. The number of hydrogen-bond acceptors (Lipinski definition) is 6. The first-order valence-electron chi connectivity index (χ1n) is 8.30. The van der Waals surface area contributed by atoms with E-state index in [-0.39, 0.29) is 18.0 Å². The van der Waals surface area contributed by atoms with Crippen LogP contribution < -0.4 is 9.47 Å². The zero-order chi connectivity index (χ0) is 18.6. The Morgan fingerprint density at radius 1 is 1.15 bits per heavy atom. The Balaban J connectivity index is 1.65. The molecule has 3 rings (SSSR count). The summed E-state index contributed by atoms with van der Waals surface area (Å²) in [4.78, 5) is 4.65. The van der Waals surface area contributed by atoms with E-state index in [1.165, 1.54) is 12.1 Å². The van der Waals surface area contributed by atoms with Gasteiger partial charge < -0.3 is 9.47 Å². The van der Waals surface area contributed by atoms with E-state index in [0.29, 0.717) is 13.0 Å². The summed E-state index contributed by atoms with van der Waals surface area (Å²) in [6.07, 6.45) is 0.658. The molecule has 0 amide bonds. The quantitative estimate of drug-likeness (QED) is 0.573. The molecular weight excluding hydrogens is 354 g/mol. The van der Waals surface area contributed by atoms with E-state index in [1.807, 2.05) is 25.1 Å². The van der Waals surface area contributed by atoms with Crippen LogP contribution in [-0.4, -0.2) is 41.0 Å². The largest absolute Gasteiger partial charge is 0.497 e. The molecule has 0 fully saturated rings. The van der Waals surface area contributed by atoms with Gasteiger partial charge in [-0.2, -0.15) is 8.42 Å². The van der Waals surface area contributed by atoms with Crippen LogP contribution in [0.5, 0.6) is 11.5 Å². The van der Waals surface area contributed by atoms with Crippen molar-refractivity contribution in [2.24, 2.45) is 4.99 Å². The Kier molecular flexibility index (Phi) is 5.58. The first-order valence-corrected chi connectivity index (χ1v) is 9.71. The van der Waals surface area contributed by atoms with Crippen molar-refractivity contribution < 1.29 is 22.1 Å². The number of hydrogen-bond donors (Lipinski definition) is 0. The van der Waals surface area contributed by atoms with Gasteiger partial charge in [-0.15, -0.1) is 0 Å². The first-order chi connectivity index (χ1) is 12.5. The molecule has 0 spiro atoms. The van der Waals surface area contributed by atoms with Crippen LogP contribution in [0.3, 0.4) is 0 Å². The fourth-order valence-electron chi connectivity index (χ4n) is 2.64. The average Bonchev–Trinajstić information content (AvgIpc) is 2.65. The Bertz CT molecular complexity index is 904. The Morgan fingerprint density at radius 3 is 2.65 bits per heavy atom. The predicted molar refractivity (Wildman–Crippen MR) is 98.8 cm³/mol. The van der Waals surface area contributed by atoms with E-state index >= 15 is 0 Å². The van der Waals surface area contributed by atoms with Crippen LogP contribution in [-0.2, 0) is 14.3 Å². The van der Waals surface area contributed by atoms with Gasteiger partial charge in [0.15, 0.2) is 0 Å². The second-order valence-corrected chi connectivity index (χ2v) is 7.49. The highest BCUT2D eigenvalue weighted by molar-refractivity contribution is 7.86. The molecule has 0 radical (unpaired) electrons. The number of fused-ring (bicyclic) bond motifs is 1. The van der Waals surface area contributed by atoms with Gasteiger partial charge >= 0.3 is 0 Å². The highest BCUT2D eigenvalue weighted by Gasteiger charge is 2.18. The van der Waals surface area contributed by atoms with Gasteiger partial charge in [-0.1, -0.05) is 17.7 Å². The lowest BCUT2D eigenvalue weighted by Crippen LogP contribution is -2.17. The molecule has 1 aliphatic heterocycles. The number of rotatable bonds is 6. The van der Waals surface area contributed by atoms with Crippen molar-refractivity contribution in [1.29, 1.82) is 0 Å². The Hall–Kier alpha value is -2.38. The lowest BCUT2D eigenvalue weighted by atomic mass is 10.0. The third kappa shape index (κ3) is 4.23. The lowest BCUT2D eigenvalue weighted by molar-refractivity contribution is 0.316. The van der Waals surface area contributed by atoms with Crippen molar-refractivity contribution in [2.45, 2.75) is 18.2 Å². The summed E-state index contributed by atoms with van der Waals surface area (Å²) in [5.41, 5.74) is 2.72. The molecule has 2 aromatic carbocycles. The summed E-state index contributed by atoms with van der Waals surface area (Å²) >= 11 is 0. The van der Waals surface area contributed by atoms with Gasteiger partial charge in [0.25, 0.3) is 10.1 Å². The molecule has 0 saturated carbocycles. The van der Waals surface area contributed by atoms with Crippen LogP contribution in [0.1, 0.15) is 17.5 Å². The molecule has 26 heavy (non-hydrogen) atoms. The van der Waals surface area contributed by atoms with Crippen molar-refractivity contribution in [3.63, 3.8) is 0 Å². The average molecular weight is 375 g/mol. The molecule has 0 saturated heterocycles. The van der Waals surface area contributed by atoms with Crippen molar-refractivity contribution in [1.82, 2.24) is 0 Å². The predicted octanol–water partition coefficient (Wildman–Crippen LogP) is 2.98. The molecule has 0 atom stereocenters. The lowest BCUT2D eigenvalue weighted by Gasteiger charge is -2.19. The van der Waals surface area contributed by atoms with Gasteiger partial charge in [0, 0.05) is 17.7 Å². The van der Waals surface area contributed by atoms with Gasteiger partial charge in [-0.25, -0.2) is 0 Å². The maximum atomic E-state index is 12.2. The highest BCUT2D eigenvalue weighted by Crippen LogP contribution is 2.29. The van der Waals surface area contributed by atoms with Gasteiger partial charge in [0.2, 0.25) is 0 Å². The summed E-state index contributed by atoms with van der Waals surface area (Å²) in [6.45, 7) is 2.67. The summed E-state index contributed by atoms with van der Waals surface area (Å²) in [6, 6.07) is 12.1. The third-order valence-electron chi connectivity index (χ3n) is 4.04. The fourth-order valence-corrected chi connectivity index (χ4v) is 3.54. The molecule has 2 aromatic rings. The Morgan fingerprint density at radius 2 is 1.92 bits per heavy atom. The van der Waals surface area contributed by atoms with Crippen molar-refractivity contribution in [2.75, 3.05) is 26.9 Å². The molecule has 138 valence electrons. The SMILES string of the molecule is COc1ccc2c(c1)/C(=N\CCOS(=O)(=O)c1ccc(C)cc1)CCO2. The van der Waals surface area contributed by atoms with E-state index < -0.39 is 10.1 Å². The molecular formula is C19H21NO5S. The third-order valence-corrected chi connectivity index (χ3v) is 5.36. The number of aryl methyl sites for hydroxylation is 1. The number of ether oxygens (including phenoxy) is 2. The van der Waals surface area contributed by atoms with Gasteiger partial charge in [0.1, 0.15) is 11.5 Å². The minimum Gasteiger partial charge on any atom is -0.497 e. The zero-order valence-corrected chi connectivity index (χ0v) is 15.6. The van der Waals surface area contributed by atoms with Crippen LogP contribution in [0.15, 0.2) is 52.4 Å². The smallest absolute Gasteiger partial charge is 0.297 e. The maximum Gasteiger partial charge on any atom is 0.297 e. The normalized spacial score (nSPS) is 15.4. The summed E-state index contributed by atoms with van der Waals surface area (Å²) in [7, 11) is -2.16. The van der Waals surface area contributed by atoms with Gasteiger partial charge in [0.05, 0.1) is 31.8 Å². The van der Waals surface area contributed by atoms with Crippen molar-refractivity contribution in [3.8, 4) is 11.5 Å². The van der Waals surface area contributed by atoms with E-state index in [9.17, 15) is 8.42 Å². The van der Waals surface area contributed by atoms with Gasteiger partial charge in [-0.3, -0.25) is 9.18 Å². The molecule has 0 unspecified atom stereocenters. The minimum atomic E-state index is -3.77. The highest BCUT2D eigenvalue weighted by atomic mass is 32.2. The standard InChI is InChI=1S/C19H21NO5S/c1-14-3-6-16(7-4-14)26(21,22)25-12-10-20-18-9-11-24-19-8-5-15(23-2)13-17(18)19/h3-8,13H,9-12H2,1-2H3/b20-18-. The zero-order valence-electron chi connectivity index (χ0n) is 14.8. The van der Waals surface area contributed by atoms with Crippen LogP contribution in [0.4, 0.5) is 0 Å². The van der Waals surface area contributed by atoms with Crippen LogP contribution in [0.2, 0.25) is 0 Å². The van der Waals surface area contributed by atoms with E-state index in [0.717, 1.165) is 28.3 Å². The second kappa shape index (κ2) is 7.88. The van der Waals surface area contributed by atoms with Crippen LogP contribution in [0, 0.1) is 6.92 Å². The second-order valence-electron chi connectivity index (χ2n) is 5.88. The molecule has 0 N–H and O–H groups in total. The maximum absolute atomic E-state index is 12.2. The van der Waals surface area contributed by atoms with E-state index in [4.69, 9.17) is 13.7 Å². The van der Waals surface area contributed by atoms with E-state index in [1.54, 1.807) is 19.2 Å². The first kappa shape index (κ1) is 18.4. The monoisotopic (exact) mass is 375 g/mol. The molecule has 0 bridgehead atoms. The fraction of sp³-hybridized carbons (Fsp3) is 0.316. The molecule has 0 aromatic heterocycles. The van der Waals surface area contributed by atoms with Crippen LogP contribution >= 0.6 is 0 Å². The molecule has 7 heteroatoms. The molecule has 1 heterocycles. The minimum absolute atomic E-state index is 0.0140. The van der Waals surface area contributed by atoms with Crippen molar-refractivity contribution in [3.05, 3.63) is 53.6 Å². The summed E-state index contributed by atoms with van der Waals surface area (Å²) in [5, 5.41) is 0. The van der Waals surface area contributed by atoms with Crippen LogP contribution in [0.25, 0.3) is 0 Å². The summed E-state index contributed by atoms with van der Waals surface area (Å²) < 4.78 is 40.3. The number of benzene rings is 2. The van der Waals surface area contributed by atoms with E-state index in [2.05, 4.69) is 4.99 Å². The molecule has 1 aliphatic rings. The number of aliphatic imine (C=N–C) groups is 1. The molecule has 6 nitrogen and oxygen atoms in total. The van der Waals surface area contributed by atoms with Crippen molar-refractivity contribution >= 4 is 15.8 Å². The summed E-state index contributed by atoms with van der Waals surface area (Å²) in [5.74, 6) is 1.48. The number of nitrogens with zero attached hydrogens (tertiary/aromatic N) is 1. The van der Waals surface area contributed by atoms with Gasteiger partial charge in [-0.05, 0) is 37.3 Å². The topological polar surface area (TPSA) is 74.2 Å². The number of methoxy groups -OCH3 is 1. The Labute approximate surface area is 153 Å².